The van der Waals surface area contributed by atoms with Gasteiger partial charge in [-0.2, -0.15) is 0 Å². The van der Waals surface area contributed by atoms with Gasteiger partial charge in [-0.3, -0.25) is 0 Å². The van der Waals surface area contributed by atoms with Crippen molar-refractivity contribution in [1.29, 1.82) is 0 Å². The highest BCUT2D eigenvalue weighted by Gasteiger charge is 2.25. The third-order valence-electron chi connectivity index (χ3n) is 4.98. The smallest absolute Gasteiger partial charge is 0.309 e. The Labute approximate surface area is 150 Å². The van der Waals surface area contributed by atoms with E-state index in [1.165, 1.54) is 22.3 Å². The van der Waals surface area contributed by atoms with Crippen molar-refractivity contribution in [3.05, 3.63) is 28.3 Å². The van der Waals surface area contributed by atoms with E-state index in [0.29, 0.717) is 13.0 Å². The first-order valence-electron chi connectivity index (χ1n) is 8.98. The third kappa shape index (κ3) is 4.33. The maximum Gasteiger partial charge on any atom is 0.332 e. The summed E-state index contributed by atoms with van der Waals surface area (Å²) in [5.41, 5.74) is 5.87. The second-order valence-corrected chi connectivity index (χ2v) is 9.11. The van der Waals surface area contributed by atoms with E-state index in [9.17, 15) is 13.2 Å². The van der Waals surface area contributed by atoms with Gasteiger partial charge in [0, 0.05) is 5.69 Å². The first kappa shape index (κ1) is 18.2. The van der Waals surface area contributed by atoms with Gasteiger partial charge < -0.3 is 10.2 Å². The molecular formula is C18H27N3O3S. The summed E-state index contributed by atoms with van der Waals surface area (Å²) in [6.45, 7) is 0.669. The predicted molar refractivity (Wildman–Crippen MR) is 99.6 cm³/mol. The number of fused-ring (bicyclic) bond motifs is 2. The van der Waals surface area contributed by atoms with Crippen molar-refractivity contribution in [2.24, 2.45) is 0 Å². The summed E-state index contributed by atoms with van der Waals surface area (Å²) in [5.74, 6) is -0.0520. The molecule has 25 heavy (non-hydrogen) atoms. The Morgan fingerprint density at radius 1 is 1.08 bits per heavy atom. The molecule has 7 heteroatoms. The van der Waals surface area contributed by atoms with Crippen LogP contribution in [0.4, 0.5) is 10.5 Å². The number of nitrogens with zero attached hydrogens (tertiary/aromatic N) is 1. The lowest BCUT2D eigenvalue weighted by molar-refractivity contribution is 0.256. The molecule has 0 fully saturated rings. The molecule has 138 valence electrons. The maximum absolute atomic E-state index is 12.3. The number of urea groups is 1. The highest BCUT2D eigenvalue weighted by atomic mass is 32.2. The number of rotatable bonds is 6. The number of nitrogens with one attached hydrogen (secondary N) is 2. The molecule has 6 nitrogen and oxygen atoms in total. The molecule has 2 amide bonds. The van der Waals surface area contributed by atoms with Crippen LogP contribution in [0.25, 0.3) is 0 Å². The summed E-state index contributed by atoms with van der Waals surface area (Å²) in [5, 5.41) is 2.86. The molecule has 0 aliphatic heterocycles. The minimum absolute atomic E-state index is 0.0520. The molecule has 0 radical (unpaired) electrons. The Kier molecular flexibility index (Phi) is 5.34. The van der Waals surface area contributed by atoms with Crippen LogP contribution in [0.15, 0.2) is 6.07 Å². The highest BCUT2D eigenvalue weighted by molar-refractivity contribution is 7.90. The number of anilines is 1. The van der Waals surface area contributed by atoms with Crippen molar-refractivity contribution in [2.45, 2.75) is 44.9 Å². The van der Waals surface area contributed by atoms with Gasteiger partial charge in [-0.25, -0.2) is 17.9 Å². The van der Waals surface area contributed by atoms with E-state index in [0.717, 1.165) is 44.2 Å². The van der Waals surface area contributed by atoms with Crippen molar-refractivity contribution in [2.75, 3.05) is 31.7 Å². The molecule has 0 unspecified atom stereocenters. The normalized spacial score (nSPS) is 16.0. The molecule has 1 aromatic rings. The number of carbonyl (C=O) groups excluding carboxylic acids is 1. The topological polar surface area (TPSA) is 78.5 Å². The average Bonchev–Trinajstić information content (AvgIpc) is 3.14. The van der Waals surface area contributed by atoms with Crippen LogP contribution in [-0.2, 0) is 35.7 Å². The standard InChI is InChI=1S/C18H27N3O3S/c1-21(2)10-5-11-25(23,24)20-18(22)19-17-15-8-3-6-13(15)12-14-7-4-9-16(14)17/h12H,3-11H2,1-2H3,(H2,19,20,22). The molecule has 2 N–H and O–H groups in total. The van der Waals surface area contributed by atoms with E-state index in [1.807, 2.05) is 19.0 Å². The van der Waals surface area contributed by atoms with Crippen LogP contribution in [0.2, 0.25) is 0 Å². The lowest BCUT2D eigenvalue weighted by Crippen LogP contribution is -2.37. The molecule has 2 aliphatic rings. The molecule has 0 saturated carbocycles. The van der Waals surface area contributed by atoms with Gasteiger partial charge in [0.1, 0.15) is 0 Å². The summed E-state index contributed by atoms with van der Waals surface area (Å²) in [6.07, 6.45) is 6.67. The van der Waals surface area contributed by atoms with Gasteiger partial charge in [0.05, 0.1) is 5.75 Å². The van der Waals surface area contributed by atoms with Crippen molar-refractivity contribution in [3.8, 4) is 0 Å². The molecule has 0 spiro atoms. The SMILES string of the molecule is CN(C)CCCS(=O)(=O)NC(=O)Nc1c2c(cc3c1CCC3)CCC2. The number of amides is 2. The molecule has 2 aliphatic carbocycles. The van der Waals surface area contributed by atoms with Crippen LogP contribution < -0.4 is 10.0 Å². The van der Waals surface area contributed by atoms with Gasteiger partial charge in [0.2, 0.25) is 10.0 Å². The fraction of sp³-hybridized carbons (Fsp3) is 0.611. The van der Waals surface area contributed by atoms with Gasteiger partial charge in [-0.1, -0.05) is 6.07 Å². The van der Waals surface area contributed by atoms with E-state index in [1.54, 1.807) is 0 Å². The summed E-state index contributed by atoms with van der Waals surface area (Å²) in [7, 11) is 0.171. The van der Waals surface area contributed by atoms with E-state index in [-0.39, 0.29) is 5.75 Å². The Balaban J connectivity index is 1.70. The van der Waals surface area contributed by atoms with E-state index < -0.39 is 16.1 Å². The second kappa shape index (κ2) is 7.33. The van der Waals surface area contributed by atoms with Gasteiger partial charge in [-0.05, 0) is 87.8 Å². The second-order valence-electron chi connectivity index (χ2n) is 7.27. The highest BCUT2D eigenvalue weighted by Crippen LogP contribution is 2.38. The van der Waals surface area contributed by atoms with Crippen molar-refractivity contribution >= 4 is 21.7 Å². The van der Waals surface area contributed by atoms with Gasteiger partial charge in [0.15, 0.2) is 0 Å². The lowest BCUT2D eigenvalue weighted by atomic mass is 9.99. The Morgan fingerprint density at radius 2 is 1.68 bits per heavy atom. The summed E-state index contributed by atoms with van der Waals surface area (Å²) >= 11 is 0. The fourth-order valence-corrected chi connectivity index (χ4v) is 4.81. The molecule has 0 aromatic heterocycles. The first-order valence-corrected chi connectivity index (χ1v) is 10.6. The van der Waals surface area contributed by atoms with Crippen LogP contribution in [0.1, 0.15) is 41.5 Å². The Bertz CT molecular complexity index is 740. The van der Waals surface area contributed by atoms with Crippen molar-refractivity contribution in [1.82, 2.24) is 9.62 Å². The van der Waals surface area contributed by atoms with Gasteiger partial charge in [0.25, 0.3) is 0 Å². The molecule has 0 heterocycles. The zero-order valence-corrected chi connectivity index (χ0v) is 15.8. The van der Waals surface area contributed by atoms with Crippen LogP contribution in [0.5, 0.6) is 0 Å². The van der Waals surface area contributed by atoms with Crippen molar-refractivity contribution < 1.29 is 13.2 Å². The summed E-state index contributed by atoms with van der Waals surface area (Å²) in [6, 6.07) is 1.64. The minimum Gasteiger partial charge on any atom is -0.309 e. The van der Waals surface area contributed by atoms with Gasteiger partial charge in [-0.15, -0.1) is 0 Å². The number of hydrogen-bond acceptors (Lipinski definition) is 4. The van der Waals surface area contributed by atoms with E-state index >= 15 is 0 Å². The summed E-state index contributed by atoms with van der Waals surface area (Å²) in [4.78, 5) is 14.2. The predicted octanol–water partition coefficient (Wildman–Crippen LogP) is 2.07. The Hall–Kier alpha value is -1.60. The largest absolute Gasteiger partial charge is 0.332 e. The Morgan fingerprint density at radius 3 is 2.24 bits per heavy atom. The number of carbonyl (C=O) groups is 1. The quantitative estimate of drug-likeness (QED) is 0.809. The monoisotopic (exact) mass is 365 g/mol. The van der Waals surface area contributed by atoms with Crippen LogP contribution in [0, 0.1) is 0 Å². The molecule has 0 atom stereocenters. The van der Waals surface area contributed by atoms with Crippen molar-refractivity contribution in [3.63, 3.8) is 0 Å². The van der Waals surface area contributed by atoms with Gasteiger partial charge >= 0.3 is 6.03 Å². The first-order chi connectivity index (χ1) is 11.9. The zero-order valence-electron chi connectivity index (χ0n) is 15.0. The van der Waals surface area contributed by atoms with Crippen LogP contribution >= 0.6 is 0 Å². The third-order valence-corrected chi connectivity index (χ3v) is 6.30. The average molecular weight is 365 g/mol. The number of benzene rings is 1. The van der Waals surface area contributed by atoms with Crippen LogP contribution in [-0.4, -0.2) is 45.7 Å². The maximum atomic E-state index is 12.3. The molecule has 0 bridgehead atoms. The molecule has 0 saturated heterocycles. The fourth-order valence-electron chi connectivity index (χ4n) is 3.87. The number of sulfonamides is 1. The molecular weight excluding hydrogens is 338 g/mol. The zero-order chi connectivity index (χ0) is 18.0. The lowest BCUT2D eigenvalue weighted by Gasteiger charge is -2.16. The number of hydrogen-bond donors (Lipinski definition) is 2. The van der Waals surface area contributed by atoms with Crippen LogP contribution in [0.3, 0.4) is 0 Å². The van der Waals surface area contributed by atoms with E-state index in [2.05, 4.69) is 16.1 Å². The minimum atomic E-state index is -3.61. The molecule has 3 rings (SSSR count). The molecule has 1 aromatic carbocycles. The number of aryl methyl sites for hydroxylation is 2. The summed E-state index contributed by atoms with van der Waals surface area (Å²) < 4.78 is 26.3. The van der Waals surface area contributed by atoms with E-state index in [4.69, 9.17) is 0 Å².